The van der Waals surface area contributed by atoms with E-state index in [1.54, 1.807) is 24.3 Å². The summed E-state index contributed by atoms with van der Waals surface area (Å²) in [5.74, 6) is -0.584. The predicted molar refractivity (Wildman–Crippen MR) is 109 cm³/mol. The van der Waals surface area contributed by atoms with Crippen molar-refractivity contribution >= 4 is 17.5 Å². The van der Waals surface area contributed by atoms with Crippen LogP contribution in [0.2, 0.25) is 0 Å². The van der Waals surface area contributed by atoms with Crippen LogP contribution in [0.1, 0.15) is 39.1 Å². The molecule has 0 unspecified atom stereocenters. The maximum atomic E-state index is 13.1. The van der Waals surface area contributed by atoms with Gasteiger partial charge < -0.3 is 20.3 Å². The number of nitrogens with zero attached hydrogens (tertiary/aromatic N) is 2. The molecule has 1 saturated heterocycles. The molecule has 2 aromatic rings. The standard InChI is InChI=1S/C22H27N3O3/c1-24(2)19-11-5-16(6-12-19)14-25(15-20-4-3-13-28-20)22(27)18-9-7-17(8-10-18)21(23)26/h5-12,20H,3-4,13-15H2,1-2H3,(H2,23,26)/t20-/m1/s1. The topological polar surface area (TPSA) is 75.9 Å². The molecule has 1 aliphatic rings. The number of carbonyl (C=O) groups is 2. The summed E-state index contributed by atoms with van der Waals surface area (Å²) >= 11 is 0. The summed E-state index contributed by atoms with van der Waals surface area (Å²) in [7, 11) is 4.00. The lowest BCUT2D eigenvalue weighted by atomic mass is 10.1. The number of amides is 2. The van der Waals surface area contributed by atoms with E-state index in [1.165, 1.54) is 0 Å². The molecule has 2 aromatic carbocycles. The third-order valence-electron chi connectivity index (χ3n) is 4.98. The summed E-state index contributed by atoms with van der Waals surface area (Å²) in [6.07, 6.45) is 2.05. The number of anilines is 1. The van der Waals surface area contributed by atoms with Crippen molar-refractivity contribution in [3.05, 3.63) is 65.2 Å². The highest BCUT2D eigenvalue weighted by molar-refractivity contribution is 5.97. The van der Waals surface area contributed by atoms with Gasteiger partial charge in [0.25, 0.3) is 5.91 Å². The van der Waals surface area contributed by atoms with E-state index in [9.17, 15) is 9.59 Å². The molecule has 6 nitrogen and oxygen atoms in total. The minimum absolute atomic E-state index is 0.0647. The van der Waals surface area contributed by atoms with Crippen molar-refractivity contribution in [2.45, 2.75) is 25.5 Å². The van der Waals surface area contributed by atoms with E-state index < -0.39 is 5.91 Å². The number of hydrogen-bond acceptors (Lipinski definition) is 4. The molecule has 28 heavy (non-hydrogen) atoms. The van der Waals surface area contributed by atoms with Crippen LogP contribution in [-0.2, 0) is 11.3 Å². The lowest BCUT2D eigenvalue weighted by molar-refractivity contribution is 0.0507. The number of nitrogens with two attached hydrogens (primary N) is 1. The number of benzene rings is 2. The molecule has 2 N–H and O–H groups in total. The van der Waals surface area contributed by atoms with Crippen LogP contribution in [0.25, 0.3) is 0 Å². The molecular formula is C22H27N3O3. The smallest absolute Gasteiger partial charge is 0.254 e. The summed E-state index contributed by atoms with van der Waals surface area (Å²) in [4.78, 5) is 28.3. The average molecular weight is 381 g/mol. The molecule has 148 valence electrons. The Balaban J connectivity index is 1.78. The highest BCUT2D eigenvalue weighted by Gasteiger charge is 2.24. The van der Waals surface area contributed by atoms with E-state index >= 15 is 0 Å². The van der Waals surface area contributed by atoms with Crippen LogP contribution in [0.3, 0.4) is 0 Å². The Kier molecular flexibility index (Phi) is 6.31. The molecule has 1 heterocycles. The van der Waals surface area contributed by atoms with Crippen LogP contribution >= 0.6 is 0 Å². The third kappa shape index (κ3) is 4.89. The highest BCUT2D eigenvalue weighted by Crippen LogP contribution is 2.19. The summed E-state index contributed by atoms with van der Waals surface area (Å²) < 4.78 is 5.75. The van der Waals surface area contributed by atoms with Crippen LogP contribution in [0.15, 0.2) is 48.5 Å². The van der Waals surface area contributed by atoms with Crippen molar-refractivity contribution in [1.29, 1.82) is 0 Å². The Bertz CT molecular complexity index is 810. The van der Waals surface area contributed by atoms with Crippen molar-refractivity contribution in [1.82, 2.24) is 4.90 Å². The van der Waals surface area contributed by atoms with Gasteiger partial charge in [-0.15, -0.1) is 0 Å². The molecule has 0 aromatic heterocycles. The van der Waals surface area contributed by atoms with Gasteiger partial charge in [0.05, 0.1) is 6.10 Å². The van der Waals surface area contributed by atoms with Crippen LogP contribution in [0, 0.1) is 0 Å². The molecule has 0 spiro atoms. The van der Waals surface area contributed by atoms with E-state index in [0.717, 1.165) is 30.7 Å². The molecular weight excluding hydrogens is 354 g/mol. The molecule has 2 amide bonds. The van der Waals surface area contributed by atoms with Crippen molar-refractivity contribution in [2.24, 2.45) is 5.73 Å². The number of primary amides is 1. The number of ether oxygens (including phenoxy) is 1. The summed E-state index contributed by atoms with van der Waals surface area (Å²) in [6, 6.07) is 14.7. The van der Waals surface area contributed by atoms with Gasteiger partial charge in [0, 0.05) is 50.6 Å². The van der Waals surface area contributed by atoms with Crippen LogP contribution < -0.4 is 10.6 Å². The van der Waals surface area contributed by atoms with Gasteiger partial charge >= 0.3 is 0 Å². The van der Waals surface area contributed by atoms with E-state index in [2.05, 4.69) is 0 Å². The van der Waals surface area contributed by atoms with E-state index in [4.69, 9.17) is 10.5 Å². The number of carbonyl (C=O) groups excluding carboxylic acids is 2. The van der Waals surface area contributed by atoms with Gasteiger partial charge in [-0.1, -0.05) is 12.1 Å². The monoisotopic (exact) mass is 381 g/mol. The van der Waals surface area contributed by atoms with Gasteiger partial charge in [0.2, 0.25) is 5.91 Å². The first kappa shape index (κ1) is 19.9. The minimum Gasteiger partial charge on any atom is -0.378 e. The zero-order valence-corrected chi connectivity index (χ0v) is 16.4. The third-order valence-corrected chi connectivity index (χ3v) is 4.98. The fourth-order valence-corrected chi connectivity index (χ4v) is 3.33. The minimum atomic E-state index is -0.504. The van der Waals surface area contributed by atoms with Gasteiger partial charge in [-0.2, -0.15) is 0 Å². The Hall–Kier alpha value is -2.86. The normalized spacial score (nSPS) is 16.0. The maximum Gasteiger partial charge on any atom is 0.254 e. The highest BCUT2D eigenvalue weighted by atomic mass is 16.5. The summed E-state index contributed by atoms with van der Waals surface area (Å²) in [5, 5.41) is 0. The van der Waals surface area contributed by atoms with E-state index in [-0.39, 0.29) is 12.0 Å². The van der Waals surface area contributed by atoms with Gasteiger partial charge in [-0.3, -0.25) is 9.59 Å². The summed E-state index contributed by atoms with van der Waals surface area (Å²) in [6.45, 7) is 1.80. The average Bonchev–Trinajstić information content (AvgIpc) is 3.20. The summed E-state index contributed by atoms with van der Waals surface area (Å²) in [5.41, 5.74) is 8.39. The lowest BCUT2D eigenvalue weighted by Gasteiger charge is -2.26. The van der Waals surface area contributed by atoms with Crippen LogP contribution in [0.5, 0.6) is 0 Å². The predicted octanol–water partition coefficient (Wildman–Crippen LogP) is 2.67. The fraction of sp³-hybridized carbons (Fsp3) is 0.364. The fourth-order valence-electron chi connectivity index (χ4n) is 3.33. The molecule has 1 aliphatic heterocycles. The molecule has 1 atom stereocenters. The quantitative estimate of drug-likeness (QED) is 0.800. The first-order chi connectivity index (χ1) is 13.4. The van der Waals surface area contributed by atoms with Gasteiger partial charge in [-0.05, 0) is 54.8 Å². The number of hydrogen-bond donors (Lipinski definition) is 1. The van der Waals surface area contributed by atoms with Crippen LogP contribution in [-0.4, -0.2) is 50.1 Å². The second-order valence-electron chi connectivity index (χ2n) is 7.32. The zero-order valence-electron chi connectivity index (χ0n) is 16.4. The van der Waals surface area contributed by atoms with E-state index in [0.29, 0.717) is 24.2 Å². The number of rotatable bonds is 7. The first-order valence-corrected chi connectivity index (χ1v) is 9.51. The lowest BCUT2D eigenvalue weighted by Crippen LogP contribution is -2.37. The van der Waals surface area contributed by atoms with E-state index in [1.807, 2.05) is 48.2 Å². The largest absolute Gasteiger partial charge is 0.378 e. The molecule has 0 saturated carbocycles. The van der Waals surface area contributed by atoms with Gasteiger partial charge in [0.1, 0.15) is 0 Å². The molecule has 0 aliphatic carbocycles. The molecule has 1 fully saturated rings. The van der Waals surface area contributed by atoms with Crippen molar-refractivity contribution in [3.8, 4) is 0 Å². The second-order valence-corrected chi connectivity index (χ2v) is 7.32. The maximum absolute atomic E-state index is 13.1. The van der Waals surface area contributed by atoms with Crippen molar-refractivity contribution in [2.75, 3.05) is 32.1 Å². The zero-order chi connectivity index (χ0) is 20.1. The SMILES string of the molecule is CN(C)c1ccc(CN(C[C@H]2CCCO2)C(=O)c2ccc(C(N)=O)cc2)cc1. The van der Waals surface area contributed by atoms with Gasteiger partial charge in [0.15, 0.2) is 0 Å². The van der Waals surface area contributed by atoms with Crippen molar-refractivity contribution < 1.29 is 14.3 Å². The Morgan fingerprint density at radius 2 is 1.68 bits per heavy atom. The molecule has 0 bridgehead atoms. The first-order valence-electron chi connectivity index (χ1n) is 9.51. The Morgan fingerprint density at radius 1 is 1.04 bits per heavy atom. The Morgan fingerprint density at radius 3 is 2.21 bits per heavy atom. The van der Waals surface area contributed by atoms with Crippen LogP contribution in [0.4, 0.5) is 5.69 Å². The molecule has 6 heteroatoms. The molecule has 3 rings (SSSR count). The second kappa shape index (κ2) is 8.89. The Labute approximate surface area is 165 Å². The van der Waals surface area contributed by atoms with Gasteiger partial charge in [-0.25, -0.2) is 0 Å². The molecule has 0 radical (unpaired) electrons. The van der Waals surface area contributed by atoms with Crippen molar-refractivity contribution in [3.63, 3.8) is 0 Å².